The topological polar surface area (TPSA) is 18.5 Å². The minimum atomic E-state index is -1.49. The third kappa shape index (κ3) is 2.87. The highest BCUT2D eigenvalue weighted by Crippen LogP contribution is 2.31. The van der Waals surface area contributed by atoms with E-state index in [2.05, 4.69) is 72.8 Å². The van der Waals surface area contributed by atoms with Crippen LogP contribution in [0.4, 0.5) is 0 Å². The molecule has 4 aromatic carbocycles. The molecule has 0 spiro atoms. The molecular formula is C22H19O2Si. The summed E-state index contributed by atoms with van der Waals surface area (Å²) in [7, 11) is 1.94. The van der Waals surface area contributed by atoms with Gasteiger partial charge in [-0.05, 0) is 44.8 Å². The van der Waals surface area contributed by atoms with Crippen LogP contribution < -0.4 is 5.19 Å². The van der Waals surface area contributed by atoms with Crippen LogP contribution >= 0.6 is 0 Å². The summed E-state index contributed by atoms with van der Waals surface area (Å²) in [6.45, 7) is 0. The van der Waals surface area contributed by atoms with Crippen molar-refractivity contribution in [3.63, 3.8) is 0 Å². The van der Waals surface area contributed by atoms with Crippen LogP contribution in [0.1, 0.15) is 0 Å². The smallest absolute Gasteiger partial charge is 0.393 e. The minimum Gasteiger partial charge on any atom is -0.393 e. The van der Waals surface area contributed by atoms with Crippen molar-refractivity contribution in [2.75, 3.05) is 14.2 Å². The van der Waals surface area contributed by atoms with Crippen LogP contribution in [0, 0.1) is 0 Å². The average molecular weight is 343 g/mol. The lowest BCUT2D eigenvalue weighted by Gasteiger charge is -2.16. The molecule has 123 valence electrons. The van der Waals surface area contributed by atoms with Crippen LogP contribution in [-0.4, -0.2) is 23.5 Å². The van der Waals surface area contributed by atoms with E-state index in [9.17, 15) is 0 Å². The molecule has 0 unspecified atom stereocenters. The van der Waals surface area contributed by atoms with Crippen molar-refractivity contribution in [1.82, 2.24) is 0 Å². The summed E-state index contributed by atoms with van der Waals surface area (Å²) in [4.78, 5) is 0. The second-order valence-corrected chi connectivity index (χ2v) is 7.90. The molecule has 1 radical (unpaired) electrons. The largest absolute Gasteiger partial charge is 0.423 e. The molecule has 25 heavy (non-hydrogen) atoms. The summed E-state index contributed by atoms with van der Waals surface area (Å²) in [5.41, 5.74) is 2.40. The average Bonchev–Trinajstić information content (AvgIpc) is 2.67. The van der Waals surface area contributed by atoms with Gasteiger partial charge in [0, 0.05) is 19.4 Å². The van der Waals surface area contributed by atoms with Crippen LogP contribution in [0.2, 0.25) is 0 Å². The lowest BCUT2D eigenvalue weighted by molar-refractivity contribution is 0.292. The summed E-state index contributed by atoms with van der Waals surface area (Å²) in [5.74, 6) is 0. The van der Waals surface area contributed by atoms with Gasteiger partial charge in [-0.25, -0.2) is 0 Å². The van der Waals surface area contributed by atoms with E-state index >= 15 is 0 Å². The zero-order valence-electron chi connectivity index (χ0n) is 14.3. The molecule has 0 saturated carbocycles. The van der Waals surface area contributed by atoms with E-state index < -0.39 is 9.28 Å². The molecule has 0 bridgehead atoms. The normalized spacial score (nSPS) is 11.5. The summed E-state index contributed by atoms with van der Waals surface area (Å²) in [5, 5.41) is 6.15. The molecule has 0 aromatic heterocycles. The summed E-state index contributed by atoms with van der Waals surface area (Å²) < 4.78 is 11.2. The molecule has 0 aliphatic carbocycles. The van der Waals surface area contributed by atoms with Gasteiger partial charge in [0.1, 0.15) is 0 Å². The number of hydrogen-bond donors (Lipinski definition) is 0. The molecule has 2 nitrogen and oxygen atoms in total. The molecule has 0 N–H and O–H groups in total. The minimum absolute atomic E-state index is 1.14. The van der Waals surface area contributed by atoms with E-state index in [1.165, 1.54) is 32.7 Å². The lowest BCUT2D eigenvalue weighted by Crippen LogP contribution is -2.36. The Morgan fingerprint density at radius 3 is 1.96 bits per heavy atom. The molecule has 0 amide bonds. The maximum Gasteiger partial charge on any atom is 0.423 e. The van der Waals surface area contributed by atoms with Crippen LogP contribution in [-0.2, 0) is 8.85 Å². The van der Waals surface area contributed by atoms with E-state index in [-0.39, 0.29) is 0 Å². The maximum atomic E-state index is 5.61. The first kappa shape index (κ1) is 16.0. The fourth-order valence-corrected chi connectivity index (χ4v) is 4.68. The van der Waals surface area contributed by atoms with Gasteiger partial charge in [-0.2, -0.15) is 0 Å². The van der Waals surface area contributed by atoms with Gasteiger partial charge in [-0.1, -0.05) is 66.7 Å². The Kier molecular flexibility index (Phi) is 4.36. The molecule has 0 fully saturated rings. The Bertz CT molecular complexity index is 1040. The third-order valence-corrected chi connectivity index (χ3v) is 6.17. The van der Waals surface area contributed by atoms with Crippen molar-refractivity contribution >= 4 is 36.0 Å². The predicted octanol–water partition coefficient (Wildman–Crippen LogP) is 4.65. The highest BCUT2D eigenvalue weighted by Gasteiger charge is 2.21. The first-order valence-electron chi connectivity index (χ1n) is 8.28. The SMILES string of the molecule is CO[Si](OC)c1ccccc1-c1cccc2cc3ccccc3cc12. The molecule has 3 heteroatoms. The quantitative estimate of drug-likeness (QED) is 0.397. The van der Waals surface area contributed by atoms with E-state index in [0.29, 0.717) is 0 Å². The molecule has 0 heterocycles. The van der Waals surface area contributed by atoms with Gasteiger partial charge in [0.25, 0.3) is 0 Å². The maximum absolute atomic E-state index is 5.61. The molecule has 0 saturated heterocycles. The zero-order chi connectivity index (χ0) is 17.2. The van der Waals surface area contributed by atoms with E-state index in [0.717, 1.165) is 5.19 Å². The second kappa shape index (κ2) is 6.80. The Hall–Kier alpha value is -2.46. The fourth-order valence-electron chi connectivity index (χ4n) is 3.40. The number of rotatable bonds is 4. The number of benzene rings is 4. The van der Waals surface area contributed by atoms with Gasteiger partial charge < -0.3 is 8.85 Å². The van der Waals surface area contributed by atoms with E-state index in [4.69, 9.17) is 8.85 Å². The Morgan fingerprint density at radius 1 is 0.600 bits per heavy atom. The number of fused-ring (bicyclic) bond motifs is 2. The van der Waals surface area contributed by atoms with Crippen LogP contribution in [0.25, 0.3) is 32.7 Å². The van der Waals surface area contributed by atoms with Gasteiger partial charge in [0.15, 0.2) is 0 Å². The summed E-state index contributed by atoms with van der Waals surface area (Å²) in [6.07, 6.45) is 0. The fraction of sp³-hybridized carbons (Fsp3) is 0.0909. The van der Waals surface area contributed by atoms with Crippen molar-refractivity contribution in [2.24, 2.45) is 0 Å². The first-order valence-corrected chi connectivity index (χ1v) is 9.59. The molecule has 4 aromatic rings. The van der Waals surface area contributed by atoms with Crippen molar-refractivity contribution in [2.45, 2.75) is 0 Å². The Morgan fingerprint density at radius 2 is 1.20 bits per heavy atom. The lowest BCUT2D eigenvalue weighted by atomic mass is 9.95. The van der Waals surface area contributed by atoms with Crippen LogP contribution in [0.5, 0.6) is 0 Å². The van der Waals surface area contributed by atoms with Crippen molar-refractivity contribution in [1.29, 1.82) is 0 Å². The van der Waals surface area contributed by atoms with Crippen molar-refractivity contribution < 1.29 is 8.85 Å². The predicted molar refractivity (Wildman–Crippen MR) is 106 cm³/mol. The summed E-state index contributed by atoms with van der Waals surface area (Å²) >= 11 is 0. The number of hydrogen-bond acceptors (Lipinski definition) is 2. The monoisotopic (exact) mass is 343 g/mol. The molecular weight excluding hydrogens is 324 g/mol. The highest BCUT2D eigenvalue weighted by atomic mass is 28.3. The Labute approximate surface area is 149 Å². The van der Waals surface area contributed by atoms with Crippen molar-refractivity contribution in [3.8, 4) is 11.1 Å². The molecule has 0 aliphatic heterocycles. The van der Waals surface area contributed by atoms with Gasteiger partial charge >= 0.3 is 9.28 Å². The summed E-state index contributed by atoms with van der Waals surface area (Å²) in [6, 6.07) is 27.9. The van der Waals surface area contributed by atoms with Crippen LogP contribution in [0.3, 0.4) is 0 Å². The van der Waals surface area contributed by atoms with E-state index in [1.54, 1.807) is 14.2 Å². The van der Waals surface area contributed by atoms with Gasteiger partial charge in [0.05, 0.1) is 0 Å². The highest BCUT2D eigenvalue weighted by molar-refractivity contribution is 6.63. The molecule has 0 aliphatic rings. The van der Waals surface area contributed by atoms with Gasteiger partial charge in [-0.15, -0.1) is 0 Å². The standard InChI is InChI=1S/C22H19O2Si/c1-23-25(24-2)22-13-6-5-11-20(22)19-12-7-10-18-14-16-8-3-4-9-17(16)15-21(18)19/h3-15H,1-2H3. The molecule has 0 atom stereocenters. The Balaban J connectivity index is 2.00. The van der Waals surface area contributed by atoms with Gasteiger partial charge in [-0.3, -0.25) is 0 Å². The zero-order valence-corrected chi connectivity index (χ0v) is 15.3. The van der Waals surface area contributed by atoms with E-state index in [1.807, 2.05) is 6.07 Å². The van der Waals surface area contributed by atoms with Gasteiger partial charge in [0.2, 0.25) is 0 Å². The van der Waals surface area contributed by atoms with Crippen molar-refractivity contribution in [3.05, 3.63) is 78.9 Å². The molecule has 4 rings (SSSR count). The first-order chi connectivity index (χ1) is 12.3. The van der Waals surface area contributed by atoms with Crippen LogP contribution in [0.15, 0.2) is 78.9 Å². The third-order valence-electron chi connectivity index (χ3n) is 4.55. The second-order valence-electron chi connectivity index (χ2n) is 5.97.